The van der Waals surface area contributed by atoms with Gasteiger partial charge in [0.1, 0.15) is 0 Å². The predicted molar refractivity (Wildman–Crippen MR) is 89.1 cm³/mol. The summed E-state index contributed by atoms with van der Waals surface area (Å²) in [5.74, 6) is 0.737. The van der Waals surface area contributed by atoms with Gasteiger partial charge in [-0.2, -0.15) is 0 Å². The number of carbonyl (C=O) groups is 1. The molecule has 1 aromatic carbocycles. The van der Waals surface area contributed by atoms with Gasteiger partial charge in [-0.15, -0.1) is 0 Å². The molecule has 0 aliphatic rings. The number of rotatable bonds is 9. The summed E-state index contributed by atoms with van der Waals surface area (Å²) in [5, 5.41) is 2.94. The fourth-order valence-corrected chi connectivity index (χ4v) is 2.21. The molecule has 0 bridgehead atoms. The van der Waals surface area contributed by atoms with Crippen molar-refractivity contribution in [1.29, 1.82) is 0 Å². The molecule has 0 saturated carbocycles. The van der Waals surface area contributed by atoms with Crippen LogP contribution in [-0.4, -0.2) is 30.4 Å². The first-order valence-corrected chi connectivity index (χ1v) is 7.90. The predicted octanol–water partition coefficient (Wildman–Crippen LogP) is 2.84. The summed E-state index contributed by atoms with van der Waals surface area (Å²) in [4.78, 5) is 14.4. The highest BCUT2D eigenvalue weighted by atomic mass is 16.1. The number of carbonyl (C=O) groups excluding carboxylic acids is 1. The second-order valence-corrected chi connectivity index (χ2v) is 5.61. The zero-order valence-electron chi connectivity index (χ0n) is 13.6. The molecule has 118 valence electrons. The number of anilines is 1. The van der Waals surface area contributed by atoms with E-state index in [0.29, 0.717) is 18.9 Å². The number of benzene rings is 1. The molecule has 0 saturated heterocycles. The summed E-state index contributed by atoms with van der Waals surface area (Å²) in [6, 6.07) is 7.70. The highest BCUT2D eigenvalue weighted by molar-refractivity contribution is 5.90. The molecular weight excluding hydrogens is 262 g/mol. The van der Waals surface area contributed by atoms with Crippen molar-refractivity contribution in [3.8, 4) is 0 Å². The number of nitrogens with one attached hydrogen (secondary N) is 1. The average molecular weight is 291 g/mol. The zero-order chi connectivity index (χ0) is 15.7. The number of hydrogen-bond acceptors (Lipinski definition) is 3. The minimum atomic E-state index is 0.0618. The van der Waals surface area contributed by atoms with Crippen LogP contribution in [0.25, 0.3) is 0 Å². The van der Waals surface area contributed by atoms with E-state index in [-0.39, 0.29) is 5.91 Å². The number of hydrogen-bond donors (Lipinski definition) is 2. The van der Waals surface area contributed by atoms with Crippen LogP contribution in [0.1, 0.15) is 39.2 Å². The molecule has 1 amide bonds. The Hall–Kier alpha value is -1.39. The fourth-order valence-electron chi connectivity index (χ4n) is 2.21. The van der Waals surface area contributed by atoms with Crippen molar-refractivity contribution in [2.75, 3.05) is 25.0 Å². The lowest BCUT2D eigenvalue weighted by Crippen LogP contribution is -2.31. The smallest absolute Gasteiger partial charge is 0.225 e. The zero-order valence-corrected chi connectivity index (χ0v) is 13.6. The summed E-state index contributed by atoms with van der Waals surface area (Å²) in [5.41, 5.74) is 7.46. The van der Waals surface area contributed by atoms with Gasteiger partial charge >= 0.3 is 0 Å². The molecule has 1 atom stereocenters. The Kier molecular flexibility index (Phi) is 8.01. The van der Waals surface area contributed by atoms with Crippen LogP contribution < -0.4 is 11.1 Å². The van der Waals surface area contributed by atoms with Gasteiger partial charge in [0.2, 0.25) is 5.91 Å². The van der Waals surface area contributed by atoms with Crippen molar-refractivity contribution < 1.29 is 4.79 Å². The Morgan fingerprint density at radius 1 is 1.38 bits per heavy atom. The van der Waals surface area contributed by atoms with Gasteiger partial charge in [-0.1, -0.05) is 39.3 Å². The third-order valence-corrected chi connectivity index (χ3v) is 3.82. The molecule has 0 aromatic heterocycles. The van der Waals surface area contributed by atoms with Gasteiger partial charge in [0.05, 0.1) is 0 Å². The van der Waals surface area contributed by atoms with Crippen molar-refractivity contribution in [2.24, 2.45) is 11.7 Å². The van der Waals surface area contributed by atoms with Gasteiger partial charge in [-0.25, -0.2) is 0 Å². The monoisotopic (exact) mass is 291 g/mol. The lowest BCUT2D eigenvalue weighted by atomic mass is 10.1. The Bertz CT molecular complexity index is 434. The SMILES string of the molecule is CCC(C)CN(CC)CCC(=O)Nc1cccc(CN)c1. The molecule has 3 N–H and O–H groups in total. The van der Waals surface area contributed by atoms with Crippen LogP contribution in [0.15, 0.2) is 24.3 Å². The molecule has 0 spiro atoms. The highest BCUT2D eigenvalue weighted by Gasteiger charge is 2.10. The second kappa shape index (κ2) is 9.53. The van der Waals surface area contributed by atoms with E-state index in [1.165, 1.54) is 6.42 Å². The minimum Gasteiger partial charge on any atom is -0.326 e. The summed E-state index contributed by atoms with van der Waals surface area (Å²) in [7, 11) is 0. The van der Waals surface area contributed by atoms with Gasteiger partial charge in [0.25, 0.3) is 0 Å². The lowest BCUT2D eigenvalue weighted by molar-refractivity contribution is -0.116. The molecule has 1 unspecified atom stereocenters. The normalized spacial score (nSPS) is 12.4. The minimum absolute atomic E-state index is 0.0618. The molecule has 0 fully saturated rings. The Labute approximate surface area is 128 Å². The molecule has 0 aliphatic carbocycles. The Morgan fingerprint density at radius 3 is 2.76 bits per heavy atom. The van der Waals surface area contributed by atoms with E-state index in [0.717, 1.165) is 30.9 Å². The van der Waals surface area contributed by atoms with E-state index < -0.39 is 0 Å². The maximum absolute atomic E-state index is 12.0. The summed E-state index contributed by atoms with van der Waals surface area (Å²) < 4.78 is 0. The van der Waals surface area contributed by atoms with Crippen molar-refractivity contribution >= 4 is 11.6 Å². The molecule has 1 aromatic rings. The van der Waals surface area contributed by atoms with Gasteiger partial charge < -0.3 is 16.0 Å². The number of nitrogens with zero attached hydrogens (tertiary/aromatic N) is 1. The lowest BCUT2D eigenvalue weighted by Gasteiger charge is -2.23. The van der Waals surface area contributed by atoms with E-state index in [1.54, 1.807) is 0 Å². The first kappa shape index (κ1) is 17.7. The Morgan fingerprint density at radius 2 is 2.14 bits per heavy atom. The van der Waals surface area contributed by atoms with Crippen molar-refractivity contribution in [3.63, 3.8) is 0 Å². The van der Waals surface area contributed by atoms with Crippen LogP contribution >= 0.6 is 0 Å². The van der Waals surface area contributed by atoms with Crippen LogP contribution in [0, 0.1) is 5.92 Å². The largest absolute Gasteiger partial charge is 0.326 e. The van der Waals surface area contributed by atoms with Gasteiger partial charge in [0, 0.05) is 31.7 Å². The van der Waals surface area contributed by atoms with Crippen molar-refractivity contribution in [2.45, 2.75) is 40.2 Å². The van der Waals surface area contributed by atoms with Crippen molar-refractivity contribution in [1.82, 2.24) is 4.90 Å². The summed E-state index contributed by atoms with van der Waals surface area (Å²) in [6.45, 7) is 9.94. The van der Waals surface area contributed by atoms with Crippen LogP contribution in [0.4, 0.5) is 5.69 Å². The van der Waals surface area contributed by atoms with E-state index in [2.05, 4.69) is 31.0 Å². The first-order chi connectivity index (χ1) is 10.1. The molecule has 0 aliphatic heterocycles. The molecule has 4 heteroatoms. The molecular formula is C17H29N3O. The van der Waals surface area contributed by atoms with Crippen LogP contribution in [0.3, 0.4) is 0 Å². The number of amides is 1. The van der Waals surface area contributed by atoms with E-state index in [9.17, 15) is 4.79 Å². The van der Waals surface area contributed by atoms with Gasteiger partial charge in [0.15, 0.2) is 0 Å². The van der Waals surface area contributed by atoms with Crippen LogP contribution in [0.5, 0.6) is 0 Å². The quantitative estimate of drug-likeness (QED) is 0.735. The summed E-state index contributed by atoms with van der Waals surface area (Å²) >= 11 is 0. The molecule has 0 radical (unpaired) electrons. The van der Waals surface area contributed by atoms with Crippen LogP contribution in [-0.2, 0) is 11.3 Å². The highest BCUT2D eigenvalue weighted by Crippen LogP contribution is 2.11. The third kappa shape index (κ3) is 6.74. The maximum Gasteiger partial charge on any atom is 0.225 e. The standard InChI is InChI=1S/C17H29N3O/c1-4-14(3)13-20(5-2)10-9-17(21)19-16-8-6-7-15(11-16)12-18/h6-8,11,14H,4-5,9-10,12-13,18H2,1-3H3,(H,19,21). The van der Waals surface area contributed by atoms with E-state index >= 15 is 0 Å². The molecule has 4 nitrogen and oxygen atoms in total. The topological polar surface area (TPSA) is 58.4 Å². The fraction of sp³-hybridized carbons (Fsp3) is 0.588. The second-order valence-electron chi connectivity index (χ2n) is 5.61. The summed E-state index contributed by atoms with van der Waals surface area (Å²) in [6.07, 6.45) is 1.70. The average Bonchev–Trinajstić information content (AvgIpc) is 2.51. The molecule has 1 rings (SSSR count). The Balaban J connectivity index is 2.42. The van der Waals surface area contributed by atoms with Gasteiger partial charge in [-0.05, 0) is 30.2 Å². The molecule has 21 heavy (non-hydrogen) atoms. The third-order valence-electron chi connectivity index (χ3n) is 3.82. The van der Waals surface area contributed by atoms with Crippen LogP contribution in [0.2, 0.25) is 0 Å². The van der Waals surface area contributed by atoms with Gasteiger partial charge in [-0.3, -0.25) is 4.79 Å². The molecule has 0 heterocycles. The van der Waals surface area contributed by atoms with E-state index in [1.807, 2.05) is 24.3 Å². The van der Waals surface area contributed by atoms with E-state index in [4.69, 9.17) is 5.73 Å². The first-order valence-electron chi connectivity index (χ1n) is 7.90. The number of nitrogens with two attached hydrogens (primary N) is 1. The van der Waals surface area contributed by atoms with Crippen molar-refractivity contribution in [3.05, 3.63) is 29.8 Å². The maximum atomic E-state index is 12.0.